The average Bonchev–Trinajstić information content (AvgIpc) is 3.24. The maximum Gasteiger partial charge on any atom is 0.330 e. The van der Waals surface area contributed by atoms with E-state index < -0.39 is 23.3 Å². The summed E-state index contributed by atoms with van der Waals surface area (Å²) in [6.07, 6.45) is 2.99. The van der Waals surface area contributed by atoms with E-state index in [9.17, 15) is 19.2 Å². The number of hydrogen-bond acceptors (Lipinski definition) is 6. The standard InChI is InChI=1S/C26H35N5O5/c1-5-8-15-31-22-21(24(33)29-26(31)35)30(14-6-2)19(27-22)16-36-25(34)20(17(4)7-3)28-23(32)18-12-10-9-11-13-18/h9-13,17,20H,5-8,14-16H2,1-4H3,(H,28,32)(H,29,33,35)/t17-,20-/m0/s1. The zero-order chi connectivity index (χ0) is 26.2. The Morgan fingerprint density at radius 3 is 2.42 bits per heavy atom. The van der Waals surface area contributed by atoms with Crippen LogP contribution in [0.1, 0.15) is 69.6 Å². The summed E-state index contributed by atoms with van der Waals surface area (Å²) < 4.78 is 8.78. The summed E-state index contributed by atoms with van der Waals surface area (Å²) in [6, 6.07) is 7.83. The van der Waals surface area contributed by atoms with Crippen LogP contribution in [0.25, 0.3) is 11.2 Å². The Hall–Kier alpha value is -3.69. The number of aromatic amines is 1. The molecule has 0 fully saturated rings. The number of H-pyrrole nitrogens is 1. The second-order valence-electron chi connectivity index (χ2n) is 8.93. The Morgan fingerprint density at radius 1 is 1.06 bits per heavy atom. The van der Waals surface area contributed by atoms with E-state index in [2.05, 4.69) is 15.3 Å². The van der Waals surface area contributed by atoms with Crippen LogP contribution in [0.2, 0.25) is 0 Å². The summed E-state index contributed by atoms with van der Waals surface area (Å²) in [5, 5.41) is 2.79. The summed E-state index contributed by atoms with van der Waals surface area (Å²) >= 11 is 0. The fourth-order valence-electron chi connectivity index (χ4n) is 4.02. The fourth-order valence-corrected chi connectivity index (χ4v) is 4.02. The number of aryl methyl sites for hydroxylation is 2. The van der Waals surface area contributed by atoms with Gasteiger partial charge in [-0.3, -0.25) is 19.1 Å². The maximum atomic E-state index is 13.1. The lowest BCUT2D eigenvalue weighted by atomic mass is 9.99. The molecule has 0 saturated carbocycles. The molecule has 10 nitrogen and oxygen atoms in total. The Balaban J connectivity index is 1.89. The molecular weight excluding hydrogens is 462 g/mol. The molecule has 0 aliphatic carbocycles. The molecule has 2 heterocycles. The minimum Gasteiger partial charge on any atom is -0.456 e. The lowest BCUT2D eigenvalue weighted by Gasteiger charge is -2.22. The van der Waals surface area contributed by atoms with Crippen molar-refractivity contribution in [2.24, 2.45) is 5.92 Å². The SMILES string of the molecule is CCCCn1c(=O)[nH]c(=O)c2c1nc(COC(=O)[C@@H](NC(=O)c1ccccc1)[C@@H](C)CC)n2CCC. The van der Waals surface area contributed by atoms with Gasteiger partial charge in [-0.2, -0.15) is 0 Å². The number of benzene rings is 1. The van der Waals surface area contributed by atoms with Gasteiger partial charge >= 0.3 is 11.7 Å². The first kappa shape index (κ1) is 26.9. The van der Waals surface area contributed by atoms with E-state index in [1.54, 1.807) is 28.8 Å². The van der Waals surface area contributed by atoms with Crippen LogP contribution in [-0.4, -0.2) is 37.0 Å². The van der Waals surface area contributed by atoms with Gasteiger partial charge in [-0.25, -0.2) is 14.6 Å². The van der Waals surface area contributed by atoms with Gasteiger partial charge in [0.05, 0.1) is 0 Å². The Labute approximate surface area is 209 Å². The quantitative estimate of drug-likeness (QED) is 0.370. The van der Waals surface area contributed by atoms with Crippen LogP contribution in [0.15, 0.2) is 39.9 Å². The van der Waals surface area contributed by atoms with Crippen LogP contribution in [0.5, 0.6) is 0 Å². The van der Waals surface area contributed by atoms with Gasteiger partial charge in [-0.1, -0.05) is 58.7 Å². The highest BCUT2D eigenvalue weighted by atomic mass is 16.5. The number of hydrogen-bond donors (Lipinski definition) is 2. The number of nitrogens with one attached hydrogen (secondary N) is 2. The molecule has 2 N–H and O–H groups in total. The molecule has 0 radical (unpaired) electrons. The first-order chi connectivity index (χ1) is 17.3. The largest absolute Gasteiger partial charge is 0.456 e. The Kier molecular flexibility index (Phi) is 9.21. The predicted molar refractivity (Wildman–Crippen MR) is 137 cm³/mol. The monoisotopic (exact) mass is 497 g/mol. The van der Waals surface area contributed by atoms with Gasteiger partial charge in [0.15, 0.2) is 11.2 Å². The van der Waals surface area contributed by atoms with Crippen LogP contribution >= 0.6 is 0 Å². The molecule has 194 valence electrons. The molecule has 0 spiro atoms. The first-order valence-electron chi connectivity index (χ1n) is 12.6. The molecule has 10 heteroatoms. The van der Waals surface area contributed by atoms with Crippen LogP contribution in [-0.2, 0) is 29.2 Å². The molecule has 2 aromatic heterocycles. The molecule has 3 rings (SSSR count). The zero-order valence-corrected chi connectivity index (χ0v) is 21.4. The number of carbonyl (C=O) groups excluding carboxylic acids is 2. The van der Waals surface area contributed by atoms with E-state index in [-0.39, 0.29) is 29.6 Å². The third-order valence-corrected chi connectivity index (χ3v) is 6.28. The minimum atomic E-state index is -0.849. The fraction of sp³-hybridized carbons (Fsp3) is 0.500. The van der Waals surface area contributed by atoms with Crippen molar-refractivity contribution in [3.05, 3.63) is 62.6 Å². The van der Waals surface area contributed by atoms with E-state index in [1.165, 1.54) is 4.57 Å². The number of ether oxygens (including phenoxy) is 1. The molecule has 3 aromatic rings. The number of fused-ring (bicyclic) bond motifs is 1. The van der Waals surface area contributed by atoms with E-state index in [4.69, 9.17) is 4.74 Å². The van der Waals surface area contributed by atoms with Crippen molar-refractivity contribution in [3.8, 4) is 0 Å². The lowest BCUT2D eigenvalue weighted by molar-refractivity contribution is -0.149. The topological polar surface area (TPSA) is 128 Å². The number of unbranched alkanes of at least 4 members (excludes halogenated alkanes) is 1. The Morgan fingerprint density at radius 2 is 1.78 bits per heavy atom. The normalized spacial score (nSPS) is 12.9. The van der Waals surface area contributed by atoms with E-state index in [1.807, 2.05) is 33.8 Å². The highest BCUT2D eigenvalue weighted by Crippen LogP contribution is 2.16. The predicted octanol–water partition coefficient (Wildman–Crippen LogP) is 2.98. The number of amides is 1. The van der Waals surface area contributed by atoms with Gasteiger partial charge in [0.25, 0.3) is 11.5 Å². The second kappa shape index (κ2) is 12.3. The summed E-state index contributed by atoms with van der Waals surface area (Å²) in [5.41, 5.74) is -0.00499. The molecule has 0 unspecified atom stereocenters. The van der Waals surface area contributed by atoms with Crippen molar-refractivity contribution >= 4 is 23.0 Å². The number of esters is 1. The van der Waals surface area contributed by atoms with E-state index in [0.717, 1.165) is 12.8 Å². The van der Waals surface area contributed by atoms with Crippen molar-refractivity contribution in [3.63, 3.8) is 0 Å². The molecular formula is C26H35N5O5. The van der Waals surface area contributed by atoms with Crippen LogP contribution in [0.3, 0.4) is 0 Å². The second-order valence-corrected chi connectivity index (χ2v) is 8.93. The number of nitrogens with zero attached hydrogens (tertiary/aromatic N) is 3. The average molecular weight is 498 g/mol. The van der Waals surface area contributed by atoms with Gasteiger partial charge in [0, 0.05) is 18.7 Å². The van der Waals surface area contributed by atoms with Gasteiger partial charge in [0.2, 0.25) is 0 Å². The maximum absolute atomic E-state index is 13.1. The number of carbonyl (C=O) groups is 2. The van der Waals surface area contributed by atoms with Crippen molar-refractivity contribution in [2.45, 2.75) is 79.1 Å². The van der Waals surface area contributed by atoms with Crippen molar-refractivity contribution in [1.82, 2.24) is 24.4 Å². The van der Waals surface area contributed by atoms with Crippen LogP contribution < -0.4 is 16.6 Å². The van der Waals surface area contributed by atoms with Crippen molar-refractivity contribution < 1.29 is 14.3 Å². The van der Waals surface area contributed by atoms with E-state index >= 15 is 0 Å². The summed E-state index contributed by atoms with van der Waals surface area (Å²) in [7, 11) is 0. The van der Waals surface area contributed by atoms with Crippen molar-refractivity contribution in [1.29, 1.82) is 0 Å². The summed E-state index contributed by atoms with van der Waals surface area (Å²) in [5.74, 6) is -0.732. The Bertz CT molecular complexity index is 1310. The minimum absolute atomic E-state index is 0.165. The smallest absolute Gasteiger partial charge is 0.330 e. The molecule has 0 saturated heterocycles. The van der Waals surface area contributed by atoms with Crippen LogP contribution in [0, 0.1) is 5.92 Å². The highest BCUT2D eigenvalue weighted by Gasteiger charge is 2.28. The molecule has 1 aromatic carbocycles. The molecule has 0 bridgehead atoms. The highest BCUT2D eigenvalue weighted by molar-refractivity contribution is 5.96. The summed E-state index contributed by atoms with van der Waals surface area (Å²) in [4.78, 5) is 57.9. The molecule has 36 heavy (non-hydrogen) atoms. The third kappa shape index (κ3) is 5.92. The molecule has 1 amide bonds. The first-order valence-corrected chi connectivity index (χ1v) is 12.6. The third-order valence-electron chi connectivity index (χ3n) is 6.28. The molecule has 2 atom stereocenters. The van der Waals surface area contributed by atoms with Gasteiger partial charge in [-0.15, -0.1) is 0 Å². The number of aromatic nitrogens is 4. The lowest BCUT2D eigenvalue weighted by Crippen LogP contribution is -2.46. The van der Waals surface area contributed by atoms with Gasteiger partial charge < -0.3 is 14.6 Å². The molecule has 0 aliphatic heterocycles. The van der Waals surface area contributed by atoms with Crippen molar-refractivity contribution in [2.75, 3.05) is 0 Å². The van der Waals surface area contributed by atoms with E-state index in [0.29, 0.717) is 37.3 Å². The zero-order valence-electron chi connectivity index (χ0n) is 21.4. The number of rotatable bonds is 12. The number of imidazole rings is 1. The molecule has 0 aliphatic rings. The summed E-state index contributed by atoms with van der Waals surface area (Å²) in [6.45, 7) is 8.48. The van der Waals surface area contributed by atoms with Crippen LogP contribution in [0.4, 0.5) is 0 Å². The van der Waals surface area contributed by atoms with Gasteiger partial charge in [-0.05, 0) is 30.9 Å². The van der Waals surface area contributed by atoms with Gasteiger partial charge in [0.1, 0.15) is 18.5 Å².